The van der Waals surface area contributed by atoms with Gasteiger partial charge in [-0.25, -0.2) is 0 Å². The Morgan fingerprint density at radius 1 is 1.23 bits per heavy atom. The van der Waals surface area contributed by atoms with Crippen molar-refractivity contribution in [2.24, 2.45) is 10.4 Å². The van der Waals surface area contributed by atoms with Gasteiger partial charge < -0.3 is 19.9 Å². The summed E-state index contributed by atoms with van der Waals surface area (Å²) in [6.07, 6.45) is 7.74. The molecule has 126 valence electrons. The molecular formula is C17H32N4O. The summed E-state index contributed by atoms with van der Waals surface area (Å²) in [5, 5.41) is 3.68. The summed E-state index contributed by atoms with van der Waals surface area (Å²) in [6, 6.07) is 0. The maximum Gasteiger partial charge on any atom is 0.193 e. The summed E-state index contributed by atoms with van der Waals surface area (Å²) in [4.78, 5) is 9.40. The zero-order valence-electron chi connectivity index (χ0n) is 14.5. The lowest BCUT2D eigenvalue weighted by Gasteiger charge is -2.37. The highest BCUT2D eigenvalue weighted by atomic mass is 16.5. The van der Waals surface area contributed by atoms with Crippen LogP contribution >= 0.6 is 0 Å². The van der Waals surface area contributed by atoms with E-state index >= 15 is 0 Å². The van der Waals surface area contributed by atoms with Gasteiger partial charge in [0.1, 0.15) is 0 Å². The number of rotatable bonds is 3. The number of nitrogens with zero attached hydrogens (tertiary/aromatic N) is 3. The smallest absolute Gasteiger partial charge is 0.193 e. The van der Waals surface area contributed by atoms with Crippen molar-refractivity contribution in [2.45, 2.75) is 44.1 Å². The van der Waals surface area contributed by atoms with Crippen molar-refractivity contribution in [2.75, 3.05) is 54.0 Å². The molecular weight excluding hydrogens is 276 g/mol. The Morgan fingerprint density at radius 3 is 2.59 bits per heavy atom. The van der Waals surface area contributed by atoms with Crippen LogP contribution in [-0.2, 0) is 4.74 Å². The third kappa shape index (κ3) is 2.98. The highest BCUT2D eigenvalue weighted by molar-refractivity contribution is 5.80. The molecule has 0 amide bonds. The highest BCUT2D eigenvalue weighted by Crippen LogP contribution is 2.38. The van der Waals surface area contributed by atoms with Crippen molar-refractivity contribution in [3.05, 3.63) is 0 Å². The standard InChI is InChI=1S/C17H32N4O/c1-18-15(19-12-17(20(2)3)6-4-5-7-17)21-10-8-16(13-21)9-11-22-14-16/h4-14H2,1-3H3,(H,18,19). The Balaban J connectivity index is 1.59. The molecule has 5 heteroatoms. The van der Waals surface area contributed by atoms with Gasteiger partial charge in [0.15, 0.2) is 5.96 Å². The Morgan fingerprint density at radius 2 is 2.00 bits per heavy atom. The number of guanidine groups is 1. The third-order valence-corrected chi connectivity index (χ3v) is 6.19. The topological polar surface area (TPSA) is 40.1 Å². The Bertz CT molecular complexity index is 409. The molecule has 1 unspecified atom stereocenters. The van der Waals surface area contributed by atoms with E-state index in [1.165, 1.54) is 38.5 Å². The first-order valence-corrected chi connectivity index (χ1v) is 8.80. The summed E-state index contributed by atoms with van der Waals surface area (Å²) in [7, 11) is 6.35. The Kier molecular flexibility index (Phi) is 4.64. The second kappa shape index (κ2) is 6.36. The van der Waals surface area contributed by atoms with Gasteiger partial charge in [-0.2, -0.15) is 0 Å². The number of likely N-dealkylation sites (tertiary alicyclic amines) is 1. The van der Waals surface area contributed by atoms with Gasteiger partial charge in [0, 0.05) is 44.2 Å². The molecule has 1 saturated carbocycles. The molecule has 2 heterocycles. The molecule has 3 rings (SSSR count). The van der Waals surface area contributed by atoms with Crippen LogP contribution in [-0.4, -0.2) is 75.3 Å². The second-order valence-electron chi connectivity index (χ2n) is 7.70. The van der Waals surface area contributed by atoms with Crippen LogP contribution < -0.4 is 5.32 Å². The first-order valence-electron chi connectivity index (χ1n) is 8.80. The van der Waals surface area contributed by atoms with Gasteiger partial charge in [0.05, 0.1) is 6.61 Å². The number of hydrogen-bond acceptors (Lipinski definition) is 3. The van der Waals surface area contributed by atoms with Crippen LogP contribution in [0, 0.1) is 5.41 Å². The van der Waals surface area contributed by atoms with E-state index in [0.29, 0.717) is 11.0 Å². The lowest BCUT2D eigenvalue weighted by molar-refractivity contribution is 0.154. The first kappa shape index (κ1) is 16.1. The van der Waals surface area contributed by atoms with Crippen LogP contribution in [0.4, 0.5) is 0 Å². The van der Waals surface area contributed by atoms with Crippen LogP contribution in [0.25, 0.3) is 0 Å². The number of aliphatic imine (C=N–C) groups is 1. The van der Waals surface area contributed by atoms with E-state index in [0.717, 1.165) is 38.8 Å². The average Bonchev–Trinajstić information content (AvgIpc) is 3.24. The van der Waals surface area contributed by atoms with Gasteiger partial charge in [-0.15, -0.1) is 0 Å². The molecule has 5 nitrogen and oxygen atoms in total. The van der Waals surface area contributed by atoms with Crippen molar-refractivity contribution < 1.29 is 4.74 Å². The van der Waals surface area contributed by atoms with Crippen molar-refractivity contribution >= 4 is 5.96 Å². The molecule has 22 heavy (non-hydrogen) atoms. The lowest BCUT2D eigenvalue weighted by atomic mass is 9.87. The molecule has 2 saturated heterocycles. The lowest BCUT2D eigenvalue weighted by Crippen LogP contribution is -2.53. The van der Waals surface area contributed by atoms with Gasteiger partial charge in [-0.1, -0.05) is 12.8 Å². The quantitative estimate of drug-likeness (QED) is 0.634. The van der Waals surface area contributed by atoms with Gasteiger partial charge in [-0.3, -0.25) is 4.99 Å². The number of hydrogen-bond donors (Lipinski definition) is 1. The van der Waals surface area contributed by atoms with Crippen LogP contribution in [0.3, 0.4) is 0 Å². The Hall–Kier alpha value is -0.810. The number of likely N-dealkylation sites (N-methyl/N-ethyl adjacent to an activating group) is 1. The zero-order valence-corrected chi connectivity index (χ0v) is 14.5. The summed E-state index contributed by atoms with van der Waals surface area (Å²) in [5.41, 5.74) is 0.702. The van der Waals surface area contributed by atoms with Crippen molar-refractivity contribution in [3.63, 3.8) is 0 Å². The molecule has 1 atom stereocenters. The van der Waals surface area contributed by atoms with Gasteiger partial charge >= 0.3 is 0 Å². The third-order valence-electron chi connectivity index (χ3n) is 6.19. The molecule has 0 aromatic rings. The van der Waals surface area contributed by atoms with E-state index in [-0.39, 0.29) is 0 Å². The molecule has 0 radical (unpaired) electrons. The molecule has 1 aliphatic carbocycles. The molecule has 0 aromatic carbocycles. The predicted molar refractivity (Wildman–Crippen MR) is 90.3 cm³/mol. The molecule has 0 aromatic heterocycles. The van der Waals surface area contributed by atoms with E-state index in [4.69, 9.17) is 4.74 Å². The number of ether oxygens (including phenoxy) is 1. The fourth-order valence-corrected chi connectivity index (χ4v) is 4.48. The highest BCUT2D eigenvalue weighted by Gasteiger charge is 2.43. The predicted octanol–water partition coefficient (Wildman–Crippen LogP) is 1.55. The minimum atomic E-state index is 0.309. The molecule has 0 bridgehead atoms. The van der Waals surface area contributed by atoms with E-state index in [9.17, 15) is 0 Å². The van der Waals surface area contributed by atoms with E-state index in [1.54, 1.807) is 0 Å². The summed E-state index contributed by atoms with van der Waals surface area (Å²) in [6.45, 7) is 5.08. The van der Waals surface area contributed by atoms with Gasteiger partial charge in [-0.05, 0) is 39.8 Å². The fourth-order valence-electron chi connectivity index (χ4n) is 4.48. The maximum absolute atomic E-state index is 5.64. The van der Waals surface area contributed by atoms with Gasteiger partial charge in [0.2, 0.25) is 0 Å². The largest absolute Gasteiger partial charge is 0.381 e. The summed E-state index contributed by atoms with van der Waals surface area (Å²) >= 11 is 0. The summed E-state index contributed by atoms with van der Waals surface area (Å²) in [5.74, 6) is 1.08. The van der Waals surface area contributed by atoms with Crippen molar-refractivity contribution in [1.82, 2.24) is 15.1 Å². The van der Waals surface area contributed by atoms with Crippen molar-refractivity contribution in [1.29, 1.82) is 0 Å². The SMILES string of the molecule is CN=C(NCC1(N(C)C)CCCC1)N1CCC2(CCOC2)C1. The van der Waals surface area contributed by atoms with Crippen LogP contribution in [0.15, 0.2) is 4.99 Å². The van der Waals surface area contributed by atoms with Crippen LogP contribution in [0.5, 0.6) is 0 Å². The van der Waals surface area contributed by atoms with Crippen LogP contribution in [0.1, 0.15) is 38.5 Å². The average molecular weight is 308 g/mol. The van der Waals surface area contributed by atoms with E-state index in [1.807, 2.05) is 7.05 Å². The van der Waals surface area contributed by atoms with Crippen LogP contribution in [0.2, 0.25) is 0 Å². The maximum atomic E-state index is 5.64. The van der Waals surface area contributed by atoms with Crippen molar-refractivity contribution in [3.8, 4) is 0 Å². The summed E-state index contributed by atoms with van der Waals surface area (Å²) < 4.78 is 5.64. The van der Waals surface area contributed by atoms with E-state index < -0.39 is 0 Å². The molecule has 2 aliphatic heterocycles. The fraction of sp³-hybridized carbons (Fsp3) is 0.941. The monoisotopic (exact) mass is 308 g/mol. The Labute approximate surface area is 135 Å². The van der Waals surface area contributed by atoms with E-state index in [2.05, 4.69) is 34.2 Å². The first-order chi connectivity index (χ1) is 10.6. The normalized spacial score (nSPS) is 31.6. The molecule has 1 spiro atoms. The molecule has 1 N–H and O–H groups in total. The molecule has 3 aliphatic rings. The van der Waals surface area contributed by atoms with Gasteiger partial charge in [0.25, 0.3) is 0 Å². The second-order valence-corrected chi connectivity index (χ2v) is 7.70. The zero-order chi connectivity index (χ0) is 15.6. The minimum Gasteiger partial charge on any atom is -0.381 e. The number of nitrogens with one attached hydrogen (secondary N) is 1. The minimum absolute atomic E-state index is 0.309. The molecule has 3 fully saturated rings.